The topological polar surface area (TPSA) is 93.3 Å². The van der Waals surface area contributed by atoms with E-state index in [1.165, 1.54) is 12.1 Å². The van der Waals surface area contributed by atoms with Gasteiger partial charge in [-0.2, -0.15) is 5.10 Å². The average molecular weight is 287 g/mol. The third-order valence-corrected chi connectivity index (χ3v) is 2.97. The first-order valence-corrected chi connectivity index (χ1v) is 6.45. The highest BCUT2D eigenvalue weighted by atomic mass is 16.6. The molecular weight excluding hydrogens is 274 g/mol. The van der Waals surface area contributed by atoms with E-state index < -0.39 is 0 Å². The first kappa shape index (κ1) is 13.2. The zero-order valence-electron chi connectivity index (χ0n) is 11.0. The van der Waals surface area contributed by atoms with Crippen LogP contribution in [0.2, 0.25) is 0 Å². The van der Waals surface area contributed by atoms with Crippen LogP contribution in [0.3, 0.4) is 0 Å². The van der Waals surface area contributed by atoms with Crippen LogP contribution in [-0.4, -0.2) is 35.4 Å². The lowest BCUT2D eigenvalue weighted by Crippen LogP contribution is -2.41. The number of H-pyrrole nitrogens is 1. The van der Waals surface area contributed by atoms with Crippen molar-refractivity contribution in [3.05, 3.63) is 52.4 Å². The van der Waals surface area contributed by atoms with Gasteiger partial charge in [-0.15, -0.1) is 0 Å². The Morgan fingerprint density at radius 2 is 2.10 bits per heavy atom. The van der Waals surface area contributed by atoms with Gasteiger partial charge in [0.2, 0.25) is 0 Å². The zero-order valence-corrected chi connectivity index (χ0v) is 11.0. The fourth-order valence-electron chi connectivity index (χ4n) is 1.93. The molecule has 7 heteroatoms. The van der Waals surface area contributed by atoms with E-state index in [0.29, 0.717) is 18.1 Å². The molecule has 21 heavy (non-hydrogen) atoms. The van der Waals surface area contributed by atoms with Crippen molar-refractivity contribution in [2.45, 2.75) is 6.10 Å². The summed E-state index contributed by atoms with van der Waals surface area (Å²) in [5, 5.41) is 8.56. The first-order valence-electron chi connectivity index (χ1n) is 6.45. The monoisotopic (exact) mass is 287 g/mol. The molecule has 1 unspecified atom stereocenters. The Balaban J connectivity index is 1.58. The van der Waals surface area contributed by atoms with Gasteiger partial charge in [0.25, 0.3) is 11.5 Å². The largest absolute Gasteiger partial charge is 0.486 e. The van der Waals surface area contributed by atoms with Crippen LogP contribution < -0.4 is 20.3 Å². The van der Waals surface area contributed by atoms with Crippen LogP contribution in [-0.2, 0) is 0 Å². The van der Waals surface area contributed by atoms with E-state index in [2.05, 4.69) is 15.5 Å². The molecule has 0 aliphatic carbocycles. The van der Waals surface area contributed by atoms with Crippen molar-refractivity contribution in [1.82, 2.24) is 15.5 Å². The van der Waals surface area contributed by atoms with Gasteiger partial charge in [0.05, 0.1) is 6.54 Å². The Hall–Kier alpha value is -2.83. The van der Waals surface area contributed by atoms with Crippen LogP contribution in [0.5, 0.6) is 11.5 Å². The Morgan fingerprint density at radius 3 is 2.86 bits per heavy atom. The standard InChI is InChI=1S/C14H13N3O4/c18-13-6-5-10(16-17-13)14(19)15-7-9-8-20-11-3-1-2-4-12(11)21-9/h1-6,9H,7-8H2,(H,15,19)(H,17,18). The lowest BCUT2D eigenvalue weighted by molar-refractivity contribution is 0.0785. The molecule has 1 amide bonds. The number of aromatic nitrogens is 2. The Labute approximate surface area is 119 Å². The maximum Gasteiger partial charge on any atom is 0.271 e. The predicted molar refractivity (Wildman–Crippen MR) is 73.5 cm³/mol. The molecule has 2 heterocycles. The summed E-state index contributed by atoms with van der Waals surface area (Å²) in [4.78, 5) is 22.7. The van der Waals surface area contributed by atoms with Crippen molar-refractivity contribution in [1.29, 1.82) is 0 Å². The molecule has 108 valence electrons. The minimum Gasteiger partial charge on any atom is -0.486 e. The number of ether oxygens (including phenoxy) is 2. The van der Waals surface area contributed by atoms with Crippen LogP contribution >= 0.6 is 0 Å². The molecule has 0 saturated carbocycles. The lowest BCUT2D eigenvalue weighted by Gasteiger charge is -2.26. The minimum absolute atomic E-state index is 0.145. The second kappa shape index (κ2) is 5.66. The van der Waals surface area contributed by atoms with Gasteiger partial charge in [-0.25, -0.2) is 5.10 Å². The summed E-state index contributed by atoms with van der Waals surface area (Å²) in [6, 6.07) is 9.97. The van der Waals surface area contributed by atoms with E-state index >= 15 is 0 Å². The molecule has 1 atom stereocenters. The van der Waals surface area contributed by atoms with Gasteiger partial charge in [0.15, 0.2) is 11.5 Å². The smallest absolute Gasteiger partial charge is 0.271 e. The second-order valence-corrected chi connectivity index (χ2v) is 4.51. The summed E-state index contributed by atoms with van der Waals surface area (Å²) < 4.78 is 11.3. The average Bonchev–Trinajstić information content (AvgIpc) is 2.53. The molecule has 0 bridgehead atoms. The summed E-state index contributed by atoms with van der Waals surface area (Å²) in [5.74, 6) is 0.973. The van der Waals surface area contributed by atoms with Crippen LogP contribution in [0.15, 0.2) is 41.2 Å². The summed E-state index contributed by atoms with van der Waals surface area (Å²) in [5.41, 5.74) is -0.209. The van der Waals surface area contributed by atoms with E-state index in [1.54, 1.807) is 0 Å². The molecule has 3 rings (SSSR count). The molecule has 0 fully saturated rings. The molecule has 0 spiro atoms. The number of rotatable bonds is 3. The molecule has 1 aromatic heterocycles. The highest BCUT2D eigenvalue weighted by molar-refractivity contribution is 5.91. The minimum atomic E-state index is -0.381. The van der Waals surface area contributed by atoms with Crippen LogP contribution in [0.25, 0.3) is 0 Å². The summed E-state index contributed by atoms with van der Waals surface area (Å²) in [7, 11) is 0. The maximum atomic E-state index is 11.9. The Morgan fingerprint density at radius 1 is 1.29 bits per heavy atom. The highest BCUT2D eigenvalue weighted by Crippen LogP contribution is 2.30. The number of amides is 1. The molecule has 1 aliphatic rings. The summed E-state index contributed by atoms with van der Waals surface area (Å²) in [6.45, 7) is 0.643. The van der Waals surface area contributed by atoms with Crippen molar-refractivity contribution in [3.8, 4) is 11.5 Å². The number of fused-ring (bicyclic) bond motifs is 1. The molecule has 7 nitrogen and oxygen atoms in total. The van der Waals surface area contributed by atoms with Crippen LogP contribution in [0.1, 0.15) is 10.5 Å². The number of nitrogens with zero attached hydrogens (tertiary/aromatic N) is 1. The fourth-order valence-corrected chi connectivity index (χ4v) is 1.93. The zero-order chi connectivity index (χ0) is 14.7. The SMILES string of the molecule is O=C(NCC1COc2ccccc2O1)c1ccc(=O)[nH]n1. The van der Waals surface area contributed by atoms with E-state index in [9.17, 15) is 9.59 Å². The second-order valence-electron chi connectivity index (χ2n) is 4.51. The molecule has 0 saturated heterocycles. The molecular formula is C14H13N3O4. The van der Waals surface area contributed by atoms with Gasteiger partial charge < -0.3 is 14.8 Å². The lowest BCUT2D eigenvalue weighted by atomic mass is 10.2. The van der Waals surface area contributed by atoms with Crippen molar-refractivity contribution in [2.24, 2.45) is 0 Å². The number of hydrogen-bond donors (Lipinski definition) is 2. The van der Waals surface area contributed by atoms with Gasteiger partial charge in [-0.3, -0.25) is 9.59 Å². The van der Waals surface area contributed by atoms with E-state index in [-0.39, 0.29) is 29.8 Å². The molecule has 0 radical (unpaired) electrons. The van der Waals surface area contributed by atoms with Crippen LogP contribution in [0.4, 0.5) is 0 Å². The number of hydrogen-bond acceptors (Lipinski definition) is 5. The van der Waals surface area contributed by atoms with Crippen molar-refractivity contribution in [3.63, 3.8) is 0 Å². The fraction of sp³-hybridized carbons (Fsp3) is 0.214. The number of nitrogens with one attached hydrogen (secondary N) is 2. The van der Waals surface area contributed by atoms with Gasteiger partial charge in [0.1, 0.15) is 18.4 Å². The van der Waals surface area contributed by atoms with Gasteiger partial charge in [0, 0.05) is 6.07 Å². The summed E-state index contributed by atoms with van der Waals surface area (Å²) >= 11 is 0. The normalized spacial score (nSPS) is 16.3. The highest BCUT2D eigenvalue weighted by Gasteiger charge is 2.21. The summed E-state index contributed by atoms with van der Waals surface area (Å²) in [6.07, 6.45) is -0.272. The predicted octanol–water partition coefficient (Wildman–Crippen LogP) is 0.340. The Kier molecular flexibility index (Phi) is 3.55. The third kappa shape index (κ3) is 3.02. The quantitative estimate of drug-likeness (QED) is 0.849. The van der Waals surface area contributed by atoms with Crippen molar-refractivity contribution < 1.29 is 14.3 Å². The molecule has 2 N–H and O–H groups in total. The van der Waals surface area contributed by atoms with E-state index in [0.717, 1.165) is 0 Å². The first-order chi connectivity index (χ1) is 10.2. The van der Waals surface area contributed by atoms with Crippen LogP contribution in [0, 0.1) is 0 Å². The number of aromatic amines is 1. The van der Waals surface area contributed by atoms with Gasteiger partial charge >= 0.3 is 0 Å². The third-order valence-electron chi connectivity index (χ3n) is 2.97. The van der Waals surface area contributed by atoms with E-state index in [4.69, 9.17) is 9.47 Å². The molecule has 1 aliphatic heterocycles. The van der Waals surface area contributed by atoms with Crippen molar-refractivity contribution >= 4 is 5.91 Å². The number of carbonyl (C=O) groups is 1. The van der Waals surface area contributed by atoms with Crippen molar-refractivity contribution in [2.75, 3.05) is 13.2 Å². The number of benzene rings is 1. The van der Waals surface area contributed by atoms with Gasteiger partial charge in [-0.05, 0) is 18.2 Å². The molecule has 1 aromatic carbocycles. The van der Waals surface area contributed by atoms with E-state index in [1.807, 2.05) is 24.3 Å². The number of para-hydroxylation sites is 2. The van der Waals surface area contributed by atoms with Gasteiger partial charge in [-0.1, -0.05) is 12.1 Å². The number of carbonyl (C=O) groups excluding carboxylic acids is 1. The maximum absolute atomic E-state index is 11.9. The molecule has 2 aromatic rings. The Bertz CT molecular complexity index is 693.